The Hall–Kier alpha value is -1.36. The SMILES string of the molecule is CC(C)(C)OC(=O)N1CCC(c2ncc(Cl)cc2F)CC1. The largest absolute Gasteiger partial charge is 0.444 e. The normalized spacial score (nSPS) is 16.9. The highest BCUT2D eigenvalue weighted by Gasteiger charge is 2.29. The highest BCUT2D eigenvalue weighted by atomic mass is 35.5. The van der Waals surface area contributed by atoms with Gasteiger partial charge in [0.1, 0.15) is 11.4 Å². The molecule has 0 aromatic carbocycles. The van der Waals surface area contributed by atoms with Crippen molar-refractivity contribution in [1.82, 2.24) is 9.88 Å². The predicted molar refractivity (Wildman–Crippen MR) is 79.0 cm³/mol. The summed E-state index contributed by atoms with van der Waals surface area (Å²) in [6.45, 7) is 6.60. The first-order valence-corrected chi connectivity index (χ1v) is 7.43. The van der Waals surface area contributed by atoms with Gasteiger partial charge in [-0.05, 0) is 39.7 Å². The van der Waals surface area contributed by atoms with Gasteiger partial charge in [-0.25, -0.2) is 9.18 Å². The minimum Gasteiger partial charge on any atom is -0.444 e. The molecule has 0 atom stereocenters. The van der Waals surface area contributed by atoms with Crippen molar-refractivity contribution in [3.63, 3.8) is 0 Å². The minimum atomic E-state index is -0.502. The van der Waals surface area contributed by atoms with Gasteiger partial charge in [0.15, 0.2) is 0 Å². The molecule has 0 saturated carbocycles. The molecule has 0 radical (unpaired) electrons. The van der Waals surface area contributed by atoms with Crippen LogP contribution in [-0.4, -0.2) is 34.7 Å². The fourth-order valence-electron chi connectivity index (χ4n) is 2.39. The number of hydrogen-bond acceptors (Lipinski definition) is 3. The number of ether oxygens (including phenoxy) is 1. The number of halogens is 2. The van der Waals surface area contributed by atoms with Gasteiger partial charge >= 0.3 is 6.09 Å². The van der Waals surface area contributed by atoms with Gasteiger partial charge in [-0.15, -0.1) is 0 Å². The number of pyridine rings is 1. The monoisotopic (exact) mass is 314 g/mol. The molecule has 1 aromatic heterocycles. The molecule has 116 valence electrons. The third kappa shape index (κ3) is 4.30. The van der Waals surface area contributed by atoms with Gasteiger partial charge in [-0.2, -0.15) is 0 Å². The average Bonchev–Trinajstić information content (AvgIpc) is 2.37. The first-order chi connectivity index (χ1) is 9.76. The lowest BCUT2D eigenvalue weighted by molar-refractivity contribution is 0.0203. The van der Waals surface area contributed by atoms with Gasteiger partial charge in [-0.3, -0.25) is 4.98 Å². The van der Waals surface area contributed by atoms with Crippen LogP contribution in [0.2, 0.25) is 5.02 Å². The topological polar surface area (TPSA) is 42.4 Å². The van der Waals surface area contributed by atoms with Gasteiger partial charge in [-0.1, -0.05) is 11.6 Å². The second-order valence-electron chi connectivity index (χ2n) is 6.26. The lowest BCUT2D eigenvalue weighted by Gasteiger charge is -2.33. The average molecular weight is 315 g/mol. The van der Waals surface area contributed by atoms with Crippen LogP contribution < -0.4 is 0 Å². The number of rotatable bonds is 1. The molecule has 1 aliphatic heterocycles. The molecule has 0 unspecified atom stereocenters. The molecule has 1 amide bonds. The molecule has 1 aliphatic rings. The molecule has 1 fully saturated rings. The number of hydrogen-bond donors (Lipinski definition) is 0. The fraction of sp³-hybridized carbons (Fsp3) is 0.600. The summed E-state index contributed by atoms with van der Waals surface area (Å²) in [6, 6.07) is 1.28. The van der Waals surface area contributed by atoms with E-state index in [1.165, 1.54) is 12.3 Å². The second-order valence-corrected chi connectivity index (χ2v) is 6.70. The summed E-state index contributed by atoms with van der Waals surface area (Å²) in [5.41, 5.74) is -0.0687. The zero-order valence-corrected chi connectivity index (χ0v) is 13.3. The number of amides is 1. The molecule has 2 heterocycles. The number of likely N-dealkylation sites (tertiary alicyclic amines) is 1. The molecule has 0 N–H and O–H groups in total. The number of carbonyl (C=O) groups excluding carboxylic acids is 1. The standard InChI is InChI=1S/C15H20ClFN2O2/c1-15(2,3)21-14(20)19-6-4-10(5-7-19)13-12(17)8-11(16)9-18-13/h8-10H,4-7H2,1-3H3. The lowest BCUT2D eigenvalue weighted by atomic mass is 9.93. The Bertz CT molecular complexity index is 523. The van der Waals surface area contributed by atoms with E-state index in [0.29, 0.717) is 36.6 Å². The summed E-state index contributed by atoms with van der Waals surface area (Å²) in [5, 5.41) is 0.294. The highest BCUT2D eigenvalue weighted by Crippen LogP contribution is 2.29. The zero-order valence-electron chi connectivity index (χ0n) is 12.5. The molecule has 0 aliphatic carbocycles. The maximum atomic E-state index is 13.9. The summed E-state index contributed by atoms with van der Waals surface area (Å²) < 4.78 is 19.2. The summed E-state index contributed by atoms with van der Waals surface area (Å²) in [6.07, 6.45) is 2.49. The van der Waals surface area contributed by atoms with Gasteiger partial charge in [0, 0.05) is 25.2 Å². The summed E-state index contributed by atoms with van der Waals surface area (Å²) in [5.74, 6) is -0.362. The van der Waals surface area contributed by atoms with Crippen LogP contribution in [0.1, 0.15) is 45.2 Å². The Morgan fingerprint density at radius 2 is 2.05 bits per heavy atom. The molecule has 1 saturated heterocycles. The van der Waals surface area contributed by atoms with Crippen LogP contribution in [0.15, 0.2) is 12.3 Å². The minimum absolute atomic E-state index is 0.0148. The quantitative estimate of drug-likeness (QED) is 0.787. The van der Waals surface area contributed by atoms with Crippen molar-refractivity contribution in [3.8, 4) is 0 Å². The van der Waals surface area contributed by atoms with Crippen molar-refractivity contribution in [2.24, 2.45) is 0 Å². The van der Waals surface area contributed by atoms with Gasteiger partial charge in [0.2, 0.25) is 0 Å². The van der Waals surface area contributed by atoms with Gasteiger partial charge < -0.3 is 9.64 Å². The first kappa shape index (κ1) is 16.0. The van der Waals surface area contributed by atoms with Crippen molar-refractivity contribution in [1.29, 1.82) is 0 Å². The van der Waals surface area contributed by atoms with E-state index in [1.54, 1.807) is 4.90 Å². The van der Waals surface area contributed by atoms with E-state index in [0.717, 1.165) is 0 Å². The summed E-state index contributed by atoms with van der Waals surface area (Å²) in [7, 11) is 0. The Labute approximate surface area is 129 Å². The van der Waals surface area contributed by atoms with E-state index in [2.05, 4.69) is 4.98 Å². The fourth-order valence-corrected chi connectivity index (χ4v) is 2.53. The third-order valence-electron chi connectivity index (χ3n) is 3.37. The number of aromatic nitrogens is 1. The highest BCUT2D eigenvalue weighted by molar-refractivity contribution is 6.30. The Balaban J connectivity index is 1.95. The van der Waals surface area contributed by atoms with Crippen molar-refractivity contribution in [2.75, 3.05) is 13.1 Å². The van der Waals surface area contributed by atoms with Crippen molar-refractivity contribution >= 4 is 17.7 Å². The van der Waals surface area contributed by atoms with E-state index in [4.69, 9.17) is 16.3 Å². The van der Waals surface area contributed by atoms with E-state index >= 15 is 0 Å². The van der Waals surface area contributed by atoms with Crippen LogP contribution in [-0.2, 0) is 4.74 Å². The van der Waals surface area contributed by atoms with Gasteiger partial charge in [0.05, 0.1) is 10.7 Å². The van der Waals surface area contributed by atoms with Crippen LogP contribution in [0.4, 0.5) is 9.18 Å². The Kier molecular flexibility index (Phi) is 4.71. The Morgan fingerprint density at radius 1 is 1.43 bits per heavy atom. The number of nitrogens with zero attached hydrogens (tertiary/aromatic N) is 2. The van der Waals surface area contributed by atoms with Crippen LogP contribution in [0.25, 0.3) is 0 Å². The smallest absolute Gasteiger partial charge is 0.410 e. The maximum absolute atomic E-state index is 13.9. The second kappa shape index (κ2) is 6.18. The number of piperidine rings is 1. The van der Waals surface area contributed by atoms with Gasteiger partial charge in [0.25, 0.3) is 0 Å². The molecule has 21 heavy (non-hydrogen) atoms. The predicted octanol–water partition coefficient (Wildman–Crippen LogP) is 3.99. The van der Waals surface area contributed by atoms with E-state index < -0.39 is 5.60 Å². The zero-order chi connectivity index (χ0) is 15.6. The van der Waals surface area contributed by atoms with Crippen LogP contribution >= 0.6 is 11.6 Å². The van der Waals surface area contributed by atoms with Crippen molar-refractivity contribution < 1.29 is 13.9 Å². The lowest BCUT2D eigenvalue weighted by Crippen LogP contribution is -2.41. The number of carbonyl (C=O) groups is 1. The molecule has 0 bridgehead atoms. The summed E-state index contributed by atoms with van der Waals surface area (Å²) >= 11 is 5.71. The molecule has 0 spiro atoms. The molecular formula is C15H20ClFN2O2. The third-order valence-corrected chi connectivity index (χ3v) is 3.58. The van der Waals surface area contributed by atoms with Crippen molar-refractivity contribution in [2.45, 2.75) is 45.1 Å². The van der Waals surface area contributed by atoms with E-state index in [-0.39, 0.29) is 17.8 Å². The molecule has 2 rings (SSSR count). The Morgan fingerprint density at radius 3 is 2.57 bits per heavy atom. The molecule has 4 nitrogen and oxygen atoms in total. The molecule has 6 heteroatoms. The summed E-state index contributed by atoms with van der Waals surface area (Å²) in [4.78, 5) is 17.7. The van der Waals surface area contributed by atoms with Crippen LogP contribution in [0, 0.1) is 5.82 Å². The molecule has 1 aromatic rings. The molecular weight excluding hydrogens is 295 g/mol. The van der Waals surface area contributed by atoms with Crippen LogP contribution in [0.5, 0.6) is 0 Å². The van der Waals surface area contributed by atoms with Crippen LogP contribution in [0.3, 0.4) is 0 Å². The first-order valence-electron chi connectivity index (χ1n) is 7.05. The maximum Gasteiger partial charge on any atom is 0.410 e. The van der Waals surface area contributed by atoms with E-state index in [9.17, 15) is 9.18 Å². The van der Waals surface area contributed by atoms with Crippen molar-refractivity contribution in [3.05, 3.63) is 28.8 Å². The van der Waals surface area contributed by atoms with E-state index in [1.807, 2.05) is 20.8 Å².